The Hall–Kier alpha value is -2.09. The maximum atomic E-state index is 12.2. The highest BCUT2D eigenvalue weighted by molar-refractivity contribution is 5.89. The van der Waals surface area contributed by atoms with E-state index in [1.54, 1.807) is 12.1 Å². The van der Waals surface area contributed by atoms with Crippen molar-refractivity contribution in [1.82, 2.24) is 10.2 Å². The number of carbonyl (C=O) groups excluding carboxylic acids is 2. The van der Waals surface area contributed by atoms with Crippen molar-refractivity contribution in [2.45, 2.75) is 25.6 Å². The summed E-state index contributed by atoms with van der Waals surface area (Å²) in [5.74, 6) is -2.20. The Balaban J connectivity index is 1.75. The van der Waals surface area contributed by atoms with Crippen molar-refractivity contribution in [2.24, 2.45) is 5.92 Å². The molecule has 1 aromatic rings. The molecule has 1 aliphatic rings. The van der Waals surface area contributed by atoms with E-state index in [0.29, 0.717) is 12.1 Å². The van der Waals surface area contributed by atoms with Crippen LogP contribution in [-0.2, 0) is 16.1 Å². The van der Waals surface area contributed by atoms with Crippen molar-refractivity contribution in [3.05, 3.63) is 35.4 Å². The van der Waals surface area contributed by atoms with E-state index in [4.69, 9.17) is 0 Å². The first kappa shape index (κ1) is 19.2. The van der Waals surface area contributed by atoms with E-state index in [0.717, 1.165) is 31.5 Å². The molecule has 1 amide bonds. The number of nitrogens with one attached hydrogen (secondary N) is 1. The van der Waals surface area contributed by atoms with Crippen LogP contribution in [0.5, 0.6) is 0 Å². The average Bonchev–Trinajstić information content (AvgIpc) is 2.60. The highest BCUT2D eigenvalue weighted by Gasteiger charge is 2.38. The van der Waals surface area contributed by atoms with Crippen molar-refractivity contribution < 1.29 is 27.5 Å². The van der Waals surface area contributed by atoms with Crippen LogP contribution in [0.1, 0.15) is 28.8 Å². The number of esters is 1. The molecule has 1 fully saturated rings. The first-order valence-electron chi connectivity index (χ1n) is 8.04. The Morgan fingerprint density at radius 1 is 1.20 bits per heavy atom. The van der Waals surface area contributed by atoms with Gasteiger partial charge in [0, 0.05) is 13.1 Å². The van der Waals surface area contributed by atoms with Gasteiger partial charge in [-0.2, -0.15) is 13.2 Å². The molecule has 8 heteroatoms. The molecule has 0 spiro atoms. The summed E-state index contributed by atoms with van der Waals surface area (Å²) in [5, 5.41) is 1.95. The number of rotatable bonds is 5. The Morgan fingerprint density at radius 3 is 2.32 bits per heavy atom. The van der Waals surface area contributed by atoms with Gasteiger partial charge in [-0.25, -0.2) is 4.79 Å². The molecule has 0 unspecified atom stereocenters. The summed E-state index contributed by atoms with van der Waals surface area (Å²) in [5.41, 5.74) is 1.54. The zero-order chi connectivity index (χ0) is 18.4. The molecule has 0 aromatic heterocycles. The minimum Gasteiger partial charge on any atom is -0.465 e. The van der Waals surface area contributed by atoms with Crippen LogP contribution < -0.4 is 5.32 Å². The number of nitrogens with zero attached hydrogens (tertiary/aromatic N) is 1. The van der Waals surface area contributed by atoms with E-state index in [1.165, 1.54) is 7.11 Å². The van der Waals surface area contributed by atoms with Gasteiger partial charge in [-0.1, -0.05) is 12.1 Å². The number of hydrogen-bond donors (Lipinski definition) is 1. The van der Waals surface area contributed by atoms with Gasteiger partial charge in [-0.3, -0.25) is 9.69 Å². The smallest absolute Gasteiger partial charge is 0.465 e. The van der Waals surface area contributed by atoms with Crippen LogP contribution in [0.4, 0.5) is 13.2 Å². The van der Waals surface area contributed by atoms with Crippen molar-refractivity contribution >= 4 is 11.9 Å². The molecule has 1 aliphatic heterocycles. The van der Waals surface area contributed by atoms with Crippen LogP contribution in [0.2, 0.25) is 0 Å². The maximum Gasteiger partial charge on any atom is 0.471 e. The van der Waals surface area contributed by atoms with E-state index in [2.05, 4.69) is 9.64 Å². The summed E-state index contributed by atoms with van der Waals surface area (Å²) >= 11 is 0. The number of benzene rings is 1. The number of hydrogen-bond acceptors (Lipinski definition) is 4. The number of halogens is 3. The molecule has 25 heavy (non-hydrogen) atoms. The second kappa shape index (κ2) is 8.33. The largest absolute Gasteiger partial charge is 0.471 e. The third kappa shape index (κ3) is 5.74. The molecule has 0 aliphatic carbocycles. The summed E-state index contributed by atoms with van der Waals surface area (Å²) in [7, 11) is 1.33. The molecule has 2 rings (SSSR count). The van der Waals surface area contributed by atoms with E-state index in [-0.39, 0.29) is 18.4 Å². The normalized spacial score (nSPS) is 16.5. The third-order valence-electron chi connectivity index (χ3n) is 4.30. The van der Waals surface area contributed by atoms with Gasteiger partial charge >= 0.3 is 18.1 Å². The summed E-state index contributed by atoms with van der Waals surface area (Å²) in [6.07, 6.45) is -3.35. The number of amides is 1. The van der Waals surface area contributed by atoms with Crippen LogP contribution in [0, 0.1) is 5.92 Å². The topological polar surface area (TPSA) is 58.6 Å². The highest BCUT2D eigenvalue weighted by Crippen LogP contribution is 2.20. The number of carbonyl (C=O) groups is 2. The number of piperidine rings is 1. The van der Waals surface area contributed by atoms with Gasteiger partial charge in [0.1, 0.15) is 0 Å². The Labute approximate surface area is 144 Å². The fraction of sp³-hybridized carbons (Fsp3) is 0.529. The van der Waals surface area contributed by atoms with E-state index >= 15 is 0 Å². The van der Waals surface area contributed by atoms with Gasteiger partial charge in [0.15, 0.2) is 0 Å². The summed E-state index contributed by atoms with van der Waals surface area (Å²) < 4.78 is 41.1. The van der Waals surface area contributed by atoms with Crippen LogP contribution in [-0.4, -0.2) is 49.7 Å². The molecule has 0 bridgehead atoms. The quantitative estimate of drug-likeness (QED) is 0.821. The Bertz CT molecular complexity index is 594. The molecular weight excluding hydrogens is 337 g/mol. The molecule has 0 saturated carbocycles. The van der Waals surface area contributed by atoms with Gasteiger partial charge < -0.3 is 10.1 Å². The van der Waals surface area contributed by atoms with Crippen LogP contribution in [0.3, 0.4) is 0 Å². The minimum absolute atomic E-state index is 0.0556. The zero-order valence-electron chi connectivity index (χ0n) is 13.9. The average molecular weight is 358 g/mol. The van der Waals surface area contributed by atoms with Crippen molar-refractivity contribution in [3.8, 4) is 0 Å². The summed E-state index contributed by atoms with van der Waals surface area (Å²) in [6, 6.07) is 7.14. The van der Waals surface area contributed by atoms with Crippen molar-refractivity contribution in [2.75, 3.05) is 26.7 Å². The Kier molecular flexibility index (Phi) is 6.41. The maximum absolute atomic E-state index is 12.2. The predicted octanol–water partition coefficient (Wildman–Crippen LogP) is 2.36. The molecule has 1 N–H and O–H groups in total. The third-order valence-corrected chi connectivity index (χ3v) is 4.30. The number of methoxy groups -OCH3 is 1. The van der Waals surface area contributed by atoms with Crippen LogP contribution in [0.25, 0.3) is 0 Å². The SMILES string of the molecule is COC(=O)c1ccc(CN2CCC(CNC(=O)C(F)(F)F)CC2)cc1. The van der Waals surface area contributed by atoms with Crippen LogP contribution >= 0.6 is 0 Å². The minimum atomic E-state index is -4.82. The lowest BCUT2D eigenvalue weighted by Gasteiger charge is -2.32. The Morgan fingerprint density at radius 2 is 1.80 bits per heavy atom. The van der Waals surface area contributed by atoms with E-state index < -0.39 is 12.1 Å². The molecule has 5 nitrogen and oxygen atoms in total. The molecule has 1 saturated heterocycles. The predicted molar refractivity (Wildman–Crippen MR) is 84.8 cm³/mol. The molecule has 1 heterocycles. The van der Waals surface area contributed by atoms with Gasteiger partial charge in [0.05, 0.1) is 12.7 Å². The summed E-state index contributed by atoms with van der Waals surface area (Å²) in [4.78, 5) is 24.4. The second-order valence-electron chi connectivity index (χ2n) is 6.12. The number of ether oxygens (including phenoxy) is 1. The molecule has 138 valence electrons. The van der Waals surface area contributed by atoms with Crippen LogP contribution in [0.15, 0.2) is 24.3 Å². The summed E-state index contributed by atoms with van der Waals surface area (Å²) in [6.45, 7) is 2.28. The molecule has 0 radical (unpaired) electrons. The molecular formula is C17H21F3N2O3. The van der Waals surface area contributed by atoms with E-state index in [9.17, 15) is 22.8 Å². The fourth-order valence-corrected chi connectivity index (χ4v) is 2.81. The van der Waals surface area contributed by atoms with Gasteiger partial charge in [-0.05, 0) is 49.5 Å². The number of likely N-dealkylation sites (tertiary alicyclic amines) is 1. The standard InChI is InChI=1S/C17H21F3N2O3/c1-25-15(23)14-4-2-13(3-5-14)11-22-8-6-12(7-9-22)10-21-16(24)17(18,19)20/h2-5,12H,6-11H2,1H3,(H,21,24). The van der Waals surface area contributed by atoms with Gasteiger partial charge in [0.25, 0.3) is 0 Å². The molecule has 1 aromatic carbocycles. The zero-order valence-corrected chi connectivity index (χ0v) is 13.9. The lowest BCUT2D eigenvalue weighted by molar-refractivity contribution is -0.173. The number of alkyl halides is 3. The van der Waals surface area contributed by atoms with E-state index in [1.807, 2.05) is 17.4 Å². The lowest BCUT2D eigenvalue weighted by Crippen LogP contribution is -2.42. The fourth-order valence-electron chi connectivity index (χ4n) is 2.81. The first-order valence-corrected chi connectivity index (χ1v) is 8.04. The molecule has 0 atom stereocenters. The van der Waals surface area contributed by atoms with Gasteiger partial charge in [-0.15, -0.1) is 0 Å². The monoisotopic (exact) mass is 358 g/mol. The highest BCUT2D eigenvalue weighted by atomic mass is 19.4. The first-order chi connectivity index (χ1) is 11.8. The van der Waals surface area contributed by atoms with Gasteiger partial charge in [0.2, 0.25) is 0 Å². The van der Waals surface area contributed by atoms with Crippen molar-refractivity contribution in [1.29, 1.82) is 0 Å². The van der Waals surface area contributed by atoms with Crippen molar-refractivity contribution in [3.63, 3.8) is 0 Å². The second-order valence-corrected chi connectivity index (χ2v) is 6.12. The lowest BCUT2D eigenvalue weighted by atomic mass is 9.96.